The van der Waals surface area contributed by atoms with E-state index in [0.717, 1.165) is 0 Å². The molecule has 0 unspecified atom stereocenters. The molecule has 0 atom stereocenters. The summed E-state index contributed by atoms with van der Waals surface area (Å²) in [4.78, 5) is 7.43. The lowest BCUT2D eigenvalue weighted by molar-refractivity contribution is 0.422. The number of nitrogens with zero attached hydrogens (tertiary/aromatic N) is 2. The maximum atomic E-state index is 12.9. The number of rotatable bonds is 5. The molecule has 3 aromatic rings. The van der Waals surface area contributed by atoms with Gasteiger partial charge in [-0.1, -0.05) is 30.3 Å². The smallest absolute Gasteiger partial charge is 0.264 e. The second-order valence-electron chi connectivity index (χ2n) is 5.42. The molecule has 0 fully saturated rings. The zero-order chi connectivity index (χ0) is 17.3. The van der Waals surface area contributed by atoms with E-state index in [-0.39, 0.29) is 10.8 Å². The predicted molar refractivity (Wildman–Crippen MR) is 90.2 cm³/mol. The van der Waals surface area contributed by atoms with Crippen LogP contribution in [-0.2, 0) is 16.4 Å². The molecule has 0 aliphatic carbocycles. The third-order valence-corrected chi connectivity index (χ3v) is 5.16. The van der Waals surface area contributed by atoms with Crippen molar-refractivity contribution in [1.82, 2.24) is 15.1 Å². The number of aromatic amines is 1. The first-order valence-electron chi connectivity index (χ1n) is 7.52. The summed E-state index contributed by atoms with van der Waals surface area (Å²) < 4.78 is 33.6. The fraction of sp³-hybridized carbons (Fsp3) is 0.250. The Morgan fingerprint density at radius 3 is 2.50 bits per heavy atom. The van der Waals surface area contributed by atoms with E-state index in [9.17, 15) is 8.42 Å². The Kier molecular flexibility index (Phi) is 4.15. The second-order valence-corrected chi connectivity index (χ2v) is 7.04. The normalized spacial score (nSPS) is 11.6. The SMILES string of the molecule is CCc1noc(-c2c(C)[nH]c(C)c2S(=O)(=O)Nc2ccccc2)n1. The first kappa shape index (κ1) is 16.3. The van der Waals surface area contributed by atoms with E-state index >= 15 is 0 Å². The number of benzene rings is 1. The Labute approximate surface area is 140 Å². The summed E-state index contributed by atoms with van der Waals surface area (Å²) in [6.07, 6.45) is 0.607. The number of anilines is 1. The topological polar surface area (TPSA) is 101 Å². The number of nitrogens with one attached hydrogen (secondary N) is 2. The van der Waals surface area contributed by atoms with E-state index in [1.54, 1.807) is 38.1 Å². The standard InChI is InChI=1S/C16H18N4O3S/c1-4-13-18-16(23-19-13)14-10(2)17-11(3)15(14)24(21,22)20-12-8-6-5-7-9-12/h5-9,17,20H,4H2,1-3H3. The van der Waals surface area contributed by atoms with E-state index in [1.807, 2.05) is 13.0 Å². The molecular formula is C16H18N4O3S. The number of aryl methyl sites for hydroxylation is 3. The Hall–Kier alpha value is -2.61. The molecule has 3 rings (SSSR count). The van der Waals surface area contributed by atoms with Gasteiger partial charge in [-0.3, -0.25) is 4.72 Å². The van der Waals surface area contributed by atoms with Crippen molar-refractivity contribution < 1.29 is 12.9 Å². The monoisotopic (exact) mass is 346 g/mol. The molecule has 1 aromatic carbocycles. The fourth-order valence-electron chi connectivity index (χ4n) is 2.56. The molecule has 0 bridgehead atoms. The van der Waals surface area contributed by atoms with Crippen molar-refractivity contribution in [3.63, 3.8) is 0 Å². The third kappa shape index (κ3) is 2.92. The van der Waals surface area contributed by atoms with Crippen LogP contribution in [0.1, 0.15) is 24.1 Å². The van der Waals surface area contributed by atoms with E-state index in [0.29, 0.717) is 34.9 Å². The van der Waals surface area contributed by atoms with E-state index in [2.05, 4.69) is 19.8 Å². The average molecular weight is 346 g/mol. The maximum Gasteiger partial charge on any atom is 0.264 e. The summed E-state index contributed by atoms with van der Waals surface area (Å²) in [7, 11) is -3.81. The molecule has 2 aromatic heterocycles. The van der Waals surface area contributed by atoms with Gasteiger partial charge in [0, 0.05) is 23.5 Å². The van der Waals surface area contributed by atoms with Crippen LogP contribution in [0.3, 0.4) is 0 Å². The minimum atomic E-state index is -3.81. The molecule has 0 spiro atoms. The van der Waals surface area contributed by atoms with Crippen LogP contribution in [0.5, 0.6) is 0 Å². The van der Waals surface area contributed by atoms with Crippen molar-refractivity contribution in [2.45, 2.75) is 32.1 Å². The van der Waals surface area contributed by atoms with Crippen LogP contribution in [0, 0.1) is 13.8 Å². The van der Waals surface area contributed by atoms with E-state index < -0.39 is 10.0 Å². The molecular weight excluding hydrogens is 328 g/mol. The predicted octanol–water partition coefficient (Wildman–Crippen LogP) is 3.04. The molecule has 8 heteroatoms. The zero-order valence-corrected chi connectivity index (χ0v) is 14.4. The van der Waals surface area contributed by atoms with Crippen molar-refractivity contribution in [3.05, 3.63) is 47.5 Å². The number of hydrogen-bond donors (Lipinski definition) is 2. The zero-order valence-electron chi connectivity index (χ0n) is 13.6. The molecule has 0 saturated carbocycles. The van der Waals surface area contributed by atoms with Crippen LogP contribution in [0.4, 0.5) is 5.69 Å². The van der Waals surface area contributed by atoms with Crippen LogP contribution in [-0.4, -0.2) is 23.5 Å². The summed E-state index contributed by atoms with van der Waals surface area (Å²) in [5.41, 5.74) is 2.07. The van der Waals surface area contributed by atoms with Crippen LogP contribution >= 0.6 is 0 Å². The first-order chi connectivity index (χ1) is 11.4. The minimum absolute atomic E-state index is 0.121. The van der Waals surface area contributed by atoms with Crippen molar-refractivity contribution >= 4 is 15.7 Å². The highest BCUT2D eigenvalue weighted by Gasteiger charge is 2.29. The first-order valence-corrected chi connectivity index (χ1v) is 9.00. The Morgan fingerprint density at radius 2 is 1.88 bits per heavy atom. The number of para-hydroxylation sites is 1. The Balaban J connectivity index is 2.10. The van der Waals surface area contributed by atoms with Crippen LogP contribution < -0.4 is 4.72 Å². The highest BCUT2D eigenvalue weighted by molar-refractivity contribution is 7.93. The van der Waals surface area contributed by atoms with Gasteiger partial charge in [-0.25, -0.2) is 8.42 Å². The van der Waals surface area contributed by atoms with Gasteiger partial charge < -0.3 is 9.51 Å². The van der Waals surface area contributed by atoms with Gasteiger partial charge in [-0.2, -0.15) is 4.98 Å². The number of aromatic nitrogens is 3. The molecule has 7 nitrogen and oxygen atoms in total. The third-order valence-electron chi connectivity index (χ3n) is 3.61. The molecule has 24 heavy (non-hydrogen) atoms. The van der Waals surface area contributed by atoms with Gasteiger partial charge in [0.2, 0.25) is 0 Å². The number of sulfonamides is 1. The molecule has 0 aliphatic heterocycles. The van der Waals surface area contributed by atoms with Gasteiger partial charge in [-0.15, -0.1) is 0 Å². The van der Waals surface area contributed by atoms with Gasteiger partial charge in [0.25, 0.3) is 15.9 Å². The summed E-state index contributed by atoms with van der Waals surface area (Å²) in [5, 5.41) is 3.85. The van der Waals surface area contributed by atoms with Crippen molar-refractivity contribution in [2.24, 2.45) is 0 Å². The molecule has 126 valence electrons. The molecule has 0 aliphatic rings. The van der Waals surface area contributed by atoms with Crippen LogP contribution in [0.25, 0.3) is 11.5 Å². The van der Waals surface area contributed by atoms with Gasteiger partial charge in [0.15, 0.2) is 5.82 Å². The van der Waals surface area contributed by atoms with Crippen LogP contribution in [0.2, 0.25) is 0 Å². The fourth-order valence-corrected chi connectivity index (χ4v) is 4.07. The summed E-state index contributed by atoms with van der Waals surface area (Å²) in [6, 6.07) is 8.72. The van der Waals surface area contributed by atoms with Gasteiger partial charge >= 0.3 is 0 Å². The van der Waals surface area contributed by atoms with Crippen LogP contribution in [0.15, 0.2) is 39.8 Å². The van der Waals surface area contributed by atoms with E-state index in [1.165, 1.54) is 0 Å². The maximum absolute atomic E-state index is 12.9. The Morgan fingerprint density at radius 1 is 1.17 bits per heavy atom. The van der Waals surface area contributed by atoms with E-state index in [4.69, 9.17) is 4.52 Å². The lowest BCUT2D eigenvalue weighted by Gasteiger charge is -2.09. The summed E-state index contributed by atoms with van der Waals surface area (Å²) in [5.74, 6) is 0.727. The quantitative estimate of drug-likeness (QED) is 0.739. The highest BCUT2D eigenvalue weighted by Crippen LogP contribution is 2.33. The second kappa shape index (κ2) is 6.12. The molecule has 0 amide bonds. The molecule has 2 N–H and O–H groups in total. The molecule has 2 heterocycles. The Bertz CT molecular complexity index is 959. The summed E-state index contributed by atoms with van der Waals surface area (Å²) >= 11 is 0. The van der Waals surface area contributed by atoms with Gasteiger partial charge in [0.1, 0.15) is 4.90 Å². The van der Waals surface area contributed by atoms with Gasteiger partial charge in [-0.05, 0) is 26.0 Å². The van der Waals surface area contributed by atoms with Crippen molar-refractivity contribution in [2.75, 3.05) is 4.72 Å². The highest BCUT2D eigenvalue weighted by atomic mass is 32.2. The van der Waals surface area contributed by atoms with Crippen molar-refractivity contribution in [1.29, 1.82) is 0 Å². The lowest BCUT2D eigenvalue weighted by atomic mass is 10.2. The largest absolute Gasteiger partial charge is 0.361 e. The number of H-pyrrole nitrogens is 1. The number of hydrogen-bond acceptors (Lipinski definition) is 5. The lowest BCUT2D eigenvalue weighted by Crippen LogP contribution is -2.14. The summed E-state index contributed by atoms with van der Waals surface area (Å²) in [6.45, 7) is 5.38. The van der Waals surface area contributed by atoms with Gasteiger partial charge in [0.05, 0.1) is 5.56 Å². The average Bonchev–Trinajstić information content (AvgIpc) is 3.11. The molecule has 0 radical (unpaired) electrons. The van der Waals surface area contributed by atoms with Crippen molar-refractivity contribution in [3.8, 4) is 11.5 Å². The minimum Gasteiger partial charge on any atom is -0.361 e. The molecule has 0 saturated heterocycles.